The first-order valence-electron chi connectivity index (χ1n) is 8.97. The molecule has 21 heavy (non-hydrogen) atoms. The number of hydrogen-bond acceptors (Lipinski definition) is 1. The molecule has 3 heteroatoms. The van der Waals surface area contributed by atoms with Gasteiger partial charge >= 0.3 is 0 Å². The average Bonchev–Trinajstić information content (AvgIpc) is 2.45. The molecule has 1 amide bonds. The predicted molar refractivity (Wildman–Crippen MR) is 97.0 cm³/mol. The van der Waals surface area contributed by atoms with Gasteiger partial charge in [0.2, 0.25) is 5.91 Å². The van der Waals surface area contributed by atoms with Crippen LogP contribution in [0.2, 0.25) is 0 Å². The fraction of sp³-hybridized carbons (Fsp3) is 0.944. The van der Waals surface area contributed by atoms with E-state index in [1.54, 1.807) is 0 Å². The number of rotatable bonds is 14. The zero-order valence-electron chi connectivity index (χ0n) is 14.4. The van der Waals surface area contributed by atoms with E-state index < -0.39 is 0 Å². The van der Waals surface area contributed by atoms with Crippen LogP contribution in [0, 0.1) is 5.92 Å². The largest absolute Gasteiger partial charge is 0.353 e. The maximum atomic E-state index is 11.9. The highest BCUT2D eigenvalue weighted by atomic mass is 79.9. The van der Waals surface area contributed by atoms with Crippen molar-refractivity contribution in [2.45, 2.75) is 97.4 Å². The summed E-state index contributed by atoms with van der Waals surface area (Å²) < 4.78 is 0. The lowest BCUT2D eigenvalue weighted by Gasteiger charge is -2.21. The van der Waals surface area contributed by atoms with Gasteiger partial charge in [-0.05, 0) is 18.8 Å². The summed E-state index contributed by atoms with van der Waals surface area (Å²) in [7, 11) is 0. The Bertz CT molecular complexity index is 243. The molecule has 0 radical (unpaired) electrons. The van der Waals surface area contributed by atoms with Crippen molar-refractivity contribution >= 4 is 21.8 Å². The van der Waals surface area contributed by atoms with Crippen LogP contribution in [0.1, 0.15) is 91.4 Å². The summed E-state index contributed by atoms with van der Waals surface area (Å²) in [6.45, 7) is 6.60. The van der Waals surface area contributed by atoms with Crippen molar-refractivity contribution < 1.29 is 4.79 Å². The van der Waals surface area contributed by atoms with Gasteiger partial charge in [-0.1, -0.05) is 88.1 Å². The first-order chi connectivity index (χ1) is 10.1. The number of hydrogen-bond donors (Lipinski definition) is 1. The van der Waals surface area contributed by atoms with Crippen LogP contribution < -0.4 is 5.32 Å². The first kappa shape index (κ1) is 20.9. The van der Waals surface area contributed by atoms with E-state index in [0.29, 0.717) is 18.4 Å². The van der Waals surface area contributed by atoms with E-state index in [-0.39, 0.29) is 5.91 Å². The normalized spacial score (nSPS) is 12.6. The van der Waals surface area contributed by atoms with Crippen molar-refractivity contribution in [1.82, 2.24) is 5.32 Å². The Kier molecular flexibility index (Phi) is 14.8. The standard InChI is InChI=1S/C18H36BrNO/c1-4-5-6-7-8-9-10-11-12-13-18(21)20-17(14-15-19)16(2)3/h16-17H,4-15H2,1-3H3,(H,20,21). The molecule has 0 bridgehead atoms. The minimum atomic E-state index is 0.234. The summed E-state index contributed by atoms with van der Waals surface area (Å²) in [5.74, 6) is 0.743. The molecule has 0 aromatic carbocycles. The first-order valence-corrected chi connectivity index (χ1v) is 10.1. The molecule has 0 saturated carbocycles. The highest BCUT2D eigenvalue weighted by molar-refractivity contribution is 9.09. The Labute approximate surface area is 141 Å². The maximum Gasteiger partial charge on any atom is 0.220 e. The van der Waals surface area contributed by atoms with Gasteiger partial charge in [-0.15, -0.1) is 0 Å². The Morgan fingerprint density at radius 1 is 0.952 bits per heavy atom. The topological polar surface area (TPSA) is 29.1 Å². The third-order valence-electron chi connectivity index (χ3n) is 4.08. The minimum absolute atomic E-state index is 0.234. The number of halogens is 1. The number of carbonyl (C=O) groups excluding carboxylic acids is 1. The number of amides is 1. The van der Waals surface area contributed by atoms with Gasteiger partial charge in [-0.3, -0.25) is 4.79 Å². The van der Waals surface area contributed by atoms with Gasteiger partial charge in [-0.2, -0.15) is 0 Å². The van der Waals surface area contributed by atoms with E-state index in [1.807, 2.05) is 0 Å². The van der Waals surface area contributed by atoms with Crippen molar-refractivity contribution in [1.29, 1.82) is 0 Å². The lowest BCUT2D eigenvalue weighted by molar-refractivity contribution is -0.122. The third kappa shape index (κ3) is 13.3. The van der Waals surface area contributed by atoms with E-state index in [2.05, 4.69) is 42.0 Å². The summed E-state index contributed by atoms with van der Waals surface area (Å²) in [5.41, 5.74) is 0. The van der Waals surface area contributed by atoms with E-state index in [9.17, 15) is 4.79 Å². The molecule has 0 heterocycles. The van der Waals surface area contributed by atoms with E-state index in [1.165, 1.54) is 51.4 Å². The Morgan fingerprint density at radius 2 is 1.48 bits per heavy atom. The van der Waals surface area contributed by atoms with E-state index >= 15 is 0 Å². The highest BCUT2D eigenvalue weighted by Gasteiger charge is 2.14. The summed E-state index contributed by atoms with van der Waals surface area (Å²) in [6, 6.07) is 0.315. The van der Waals surface area contributed by atoms with E-state index in [0.717, 1.165) is 18.2 Å². The summed E-state index contributed by atoms with van der Waals surface area (Å²) >= 11 is 3.46. The van der Waals surface area contributed by atoms with Crippen LogP contribution in [0.25, 0.3) is 0 Å². The van der Waals surface area contributed by atoms with Crippen molar-refractivity contribution in [3.8, 4) is 0 Å². The Hall–Kier alpha value is -0.0500. The van der Waals surface area contributed by atoms with Gasteiger partial charge in [0.05, 0.1) is 0 Å². The zero-order valence-corrected chi connectivity index (χ0v) is 16.0. The van der Waals surface area contributed by atoms with Gasteiger partial charge in [0.1, 0.15) is 0 Å². The van der Waals surface area contributed by atoms with Crippen molar-refractivity contribution in [2.24, 2.45) is 5.92 Å². The molecular weight excluding hydrogens is 326 g/mol. The Balaban J connectivity index is 3.48. The molecule has 0 aliphatic carbocycles. The monoisotopic (exact) mass is 361 g/mol. The molecule has 2 nitrogen and oxygen atoms in total. The van der Waals surface area contributed by atoms with Crippen LogP contribution in [0.3, 0.4) is 0 Å². The summed E-state index contributed by atoms with van der Waals surface area (Å²) in [5, 5.41) is 4.13. The fourth-order valence-electron chi connectivity index (χ4n) is 2.56. The van der Waals surface area contributed by atoms with Crippen molar-refractivity contribution in [3.05, 3.63) is 0 Å². The van der Waals surface area contributed by atoms with Crippen LogP contribution in [0.5, 0.6) is 0 Å². The van der Waals surface area contributed by atoms with Crippen molar-refractivity contribution in [3.63, 3.8) is 0 Å². The fourth-order valence-corrected chi connectivity index (χ4v) is 3.06. The second-order valence-corrected chi connectivity index (χ2v) is 7.27. The van der Waals surface area contributed by atoms with Gasteiger partial charge in [0.15, 0.2) is 0 Å². The molecule has 1 N–H and O–H groups in total. The molecule has 126 valence electrons. The molecule has 1 atom stereocenters. The lowest BCUT2D eigenvalue weighted by atomic mass is 10.0. The van der Waals surface area contributed by atoms with Crippen LogP contribution in [0.15, 0.2) is 0 Å². The summed E-state index contributed by atoms with van der Waals surface area (Å²) in [6.07, 6.45) is 13.4. The molecule has 0 aliphatic heterocycles. The SMILES string of the molecule is CCCCCCCCCCCC(=O)NC(CCBr)C(C)C. The van der Waals surface area contributed by atoms with Crippen LogP contribution >= 0.6 is 15.9 Å². The number of carbonyl (C=O) groups is 1. The minimum Gasteiger partial charge on any atom is -0.353 e. The quantitative estimate of drug-likeness (QED) is 0.306. The maximum absolute atomic E-state index is 11.9. The average molecular weight is 362 g/mol. The smallest absolute Gasteiger partial charge is 0.220 e. The second kappa shape index (κ2) is 14.9. The van der Waals surface area contributed by atoms with Crippen molar-refractivity contribution in [2.75, 3.05) is 5.33 Å². The molecule has 1 unspecified atom stereocenters. The van der Waals surface area contributed by atoms with Gasteiger partial charge in [-0.25, -0.2) is 0 Å². The zero-order chi connectivity index (χ0) is 15.9. The second-order valence-electron chi connectivity index (χ2n) is 6.47. The predicted octanol–water partition coefficient (Wildman–Crippen LogP) is 5.83. The van der Waals surface area contributed by atoms with Gasteiger partial charge < -0.3 is 5.32 Å². The molecule has 0 aromatic rings. The molecule has 0 saturated heterocycles. The van der Waals surface area contributed by atoms with Gasteiger partial charge in [0.25, 0.3) is 0 Å². The molecule has 0 aliphatic rings. The summed E-state index contributed by atoms with van der Waals surface area (Å²) in [4.78, 5) is 11.9. The molecular formula is C18H36BrNO. The molecule has 0 aromatic heterocycles. The van der Waals surface area contributed by atoms with Crippen LogP contribution in [0.4, 0.5) is 0 Å². The number of alkyl halides is 1. The van der Waals surface area contributed by atoms with Gasteiger partial charge in [0, 0.05) is 17.8 Å². The molecule has 0 rings (SSSR count). The highest BCUT2D eigenvalue weighted by Crippen LogP contribution is 2.11. The Morgan fingerprint density at radius 3 is 1.95 bits per heavy atom. The third-order valence-corrected chi connectivity index (χ3v) is 4.54. The van der Waals surface area contributed by atoms with Crippen LogP contribution in [-0.4, -0.2) is 17.3 Å². The van der Waals surface area contributed by atoms with E-state index in [4.69, 9.17) is 0 Å². The number of nitrogens with one attached hydrogen (secondary N) is 1. The lowest BCUT2D eigenvalue weighted by Crippen LogP contribution is -2.38. The number of unbranched alkanes of at least 4 members (excludes halogenated alkanes) is 8. The molecule has 0 fully saturated rings. The molecule has 0 spiro atoms. The van der Waals surface area contributed by atoms with Crippen LogP contribution in [-0.2, 0) is 4.79 Å².